The van der Waals surface area contributed by atoms with Gasteiger partial charge < -0.3 is 0 Å². The second-order valence-corrected chi connectivity index (χ2v) is 7.11. The molecule has 0 aromatic carbocycles. The summed E-state index contributed by atoms with van der Waals surface area (Å²) >= 11 is 0. The lowest BCUT2D eigenvalue weighted by Crippen LogP contribution is -2.44. The van der Waals surface area contributed by atoms with Gasteiger partial charge in [-0.2, -0.15) is 0 Å². The molecule has 2 saturated carbocycles. The van der Waals surface area contributed by atoms with Crippen molar-refractivity contribution in [1.82, 2.24) is 0 Å². The van der Waals surface area contributed by atoms with Gasteiger partial charge in [-0.3, -0.25) is 0 Å². The summed E-state index contributed by atoms with van der Waals surface area (Å²) < 4.78 is 0. The zero-order chi connectivity index (χ0) is 10.9. The summed E-state index contributed by atoms with van der Waals surface area (Å²) in [5.41, 5.74) is 1.69. The maximum atomic E-state index is 2.59. The van der Waals surface area contributed by atoms with E-state index in [0.29, 0.717) is 16.2 Å². The second-order valence-electron chi connectivity index (χ2n) is 7.11. The average Bonchev–Trinajstić information content (AvgIpc) is 2.49. The Morgan fingerprint density at radius 3 is 2.60 bits per heavy atom. The molecule has 0 spiro atoms. The van der Waals surface area contributed by atoms with Crippen molar-refractivity contribution < 1.29 is 0 Å². The lowest BCUT2D eigenvalue weighted by Gasteiger charge is -2.51. The summed E-state index contributed by atoms with van der Waals surface area (Å²) in [5, 5.41) is 0. The van der Waals surface area contributed by atoms with Crippen LogP contribution >= 0.6 is 0 Å². The van der Waals surface area contributed by atoms with Crippen LogP contribution < -0.4 is 0 Å². The molecule has 3 aliphatic carbocycles. The van der Waals surface area contributed by atoms with Crippen molar-refractivity contribution in [3.63, 3.8) is 0 Å². The zero-order valence-electron chi connectivity index (χ0n) is 10.6. The van der Waals surface area contributed by atoms with Gasteiger partial charge in [0.2, 0.25) is 0 Å². The molecule has 0 aliphatic heterocycles. The van der Waals surface area contributed by atoms with Crippen molar-refractivity contribution in [1.29, 1.82) is 0 Å². The summed E-state index contributed by atoms with van der Waals surface area (Å²) in [4.78, 5) is 0. The summed E-state index contributed by atoms with van der Waals surface area (Å²) in [7, 11) is 0. The quantitative estimate of drug-likeness (QED) is 0.513. The Bertz CT molecular complexity index is 329. The largest absolute Gasteiger partial charge is 0.0877 e. The minimum atomic E-state index is 0.495. The van der Waals surface area contributed by atoms with Gasteiger partial charge in [0, 0.05) is 0 Å². The molecule has 0 N–H and O–H groups in total. The van der Waals surface area contributed by atoms with E-state index in [9.17, 15) is 0 Å². The Labute approximate surface area is 94.1 Å². The molecule has 0 heteroatoms. The number of rotatable bonds is 0. The van der Waals surface area contributed by atoms with Crippen LogP contribution in [-0.2, 0) is 0 Å². The molecule has 84 valence electrons. The van der Waals surface area contributed by atoms with Gasteiger partial charge in [-0.05, 0) is 53.8 Å². The molecule has 0 aromatic heterocycles. The Morgan fingerprint density at radius 2 is 1.87 bits per heavy atom. The van der Waals surface area contributed by atoms with Crippen LogP contribution in [0, 0.1) is 28.1 Å². The van der Waals surface area contributed by atoms with E-state index >= 15 is 0 Å². The van der Waals surface area contributed by atoms with E-state index in [2.05, 4.69) is 39.8 Å². The van der Waals surface area contributed by atoms with E-state index in [1.54, 1.807) is 0 Å². The van der Waals surface area contributed by atoms with Gasteiger partial charge in [0.15, 0.2) is 0 Å². The predicted octanol–water partition coefficient (Wildman–Crippen LogP) is 4.42. The van der Waals surface area contributed by atoms with Crippen molar-refractivity contribution in [2.45, 2.75) is 53.4 Å². The third-order valence-electron chi connectivity index (χ3n) is 6.71. The van der Waals surface area contributed by atoms with Crippen LogP contribution in [0.25, 0.3) is 0 Å². The van der Waals surface area contributed by atoms with Crippen molar-refractivity contribution in [3.05, 3.63) is 12.2 Å². The Kier molecular flexibility index (Phi) is 1.67. The SMILES string of the molecule is CC1CC2(C)CCC3(C)C=CCC1C32C. The number of allylic oxidation sites excluding steroid dienone is 2. The normalized spacial score (nSPS) is 62.1. The fourth-order valence-electron chi connectivity index (χ4n) is 5.55. The molecule has 0 nitrogen and oxygen atoms in total. The van der Waals surface area contributed by atoms with E-state index in [1.807, 2.05) is 0 Å². The fraction of sp³-hybridized carbons (Fsp3) is 0.867. The van der Waals surface area contributed by atoms with Crippen molar-refractivity contribution in [3.8, 4) is 0 Å². The van der Waals surface area contributed by atoms with Crippen LogP contribution in [0.15, 0.2) is 12.2 Å². The molecular weight excluding hydrogens is 180 g/mol. The molecular formula is C15H24. The Hall–Kier alpha value is -0.260. The van der Waals surface area contributed by atoms with Crippen LogP contribution in [0.3, 0.4) is 0 Å². The highest BCUT2D eigenvalue weighted by atomic mass is 14.7. The van der Waals surface area contributed by atoms with Crippen LogP contribution in [0.2, 0.25) is 0 Å². The van der Waals surface area contributed by atoms with Gasteiger partial charge in [-0.15, -0.1) is 0 Å². The topological polar surface area (TPSA) is 0 Å². The summed E-state index contributed by atoms with van der Waals surface area (Å²) in [5.74, 6) is 1.88. The molecule has 0 amide bonds. The second kappa shape index (κ2) is 2.52. The highest BCUT2D eigenvalue weighted by molar-refractivity contribution is 5.25. The van der Waals surface area contributed by atoms with Gasteiger partial charge in [-0.1, -0.05) is 39.8 Å². The third kappa shape index (κ3) is 0.867. The smallest absolute Gasteiger partial charge is 0.00845 e. The van der Waals surface area contributed by atoms with Crippen LogP contribution in [0.5, 0.6) is 0 Å². The monoisotopic (exact) mass is 204 g/mol. The van der Waals surface area contributed by atoms with E-state index in [-0.39, 0.29) is 0 Å². The van der Waals surface area contributed by atoms with Gasteiger partial charge in [-0.25, -0.2) is 0 Å². The van der Waals surface area contributed by atoms with E-state index < -0.39 is 0 Å². The molecule has 5 unspecified atom stereocenters. The van der Waals surface area contributed by atoms with Gasteiger partial charge in [0.1, 0.15) is 0 Å². The average molecular weight is 204 g/mol. The minimum absolute atomic E-state index is 0.495. The highest BCUT2D eigenvalue weighted by Crippen LogP contribution is 2.75. The molecule has 0 bridgehead atoms. The van der Waals surface area contributed by atoms with Gasteiger partial charge in [0.25, 0.3) is 0 Å². The van der Waals surface area contributed by atoms with Crippen molar-refractivity contribution in [2.75, 3.05) is 0 Å². The third-order valence-corrected chi connectivity index (χ3v) is 6.71. The van der Waals surface area contributed by atoms with Crippen molar-refractivity contribution >= 4 is 0 Å². The Morgan fingerprint density at radius 1 is 1.13 bits per heavy atom. The summed E-state index contributed by atoms with van der Waals surface area (Å²) in [6.07, 6.45) is 10.7. The molecule has 15 heavy (non-hydrogen) atoms. The van der Waals surface area contributed by atoms with E-state index in [0.717, 1.165) is 11.8 Å². The fourth-order valence-corrected chi connectivity index (χ4v) is 5.55. The molecule has 0 heterocycles. The first-order valence-corrected chi connectivity index (χ1v) is 6.61. The van der Waals surface area contributed by atoms with E-state index in [1.165, 1.54) is 25.7 Å². The molecule has 0 aromatic rings. The zero-order valence-corrected chi connectivity index (χ0v) is 10.6. The molecule has 2 fully saturated rings. The standard InChI is InChI=1S/C15H24/c1-11-10-14(3)9-8-13(2)7-5-6-12(11)15(13,14)4/h5,7,11-12H,6,8-10H2,1-4H3. The molecule has 0 radical (unpaired) electrons. The maximum absolute atomic E-state index is 2.59. The predicted molar refractivity (Wildman–Crippen MR) is 64.6 cm³/mol. The van der Waals surface area contributed by atoms with Crippen molar-refractivity contribution in [2.24, 2.45) is 28.1 Å². The molecule has 0 saturated heterocycles. The first-order valence-electron chi connectivity index (χ1n) is 6.61. The number of hydrogen-bond donors (Lipinski definition) is 0. The minimum Gasteiger partial charge on any atom is -0.0877 e. The van der Waals surface area contributed by atoms with Gasteiger partial charge >= 0.3 is 0 Å². The molecule has 3 aliphatic rings. The lowest BCUT2D eigenvalue weighted by molar-refractivity contribution is 0.0117. The first-order chi connectivity index (χ1) is 6.93. The van der Waals surface area contributed by atoms with Gasteiger partial charge in [0.05, 0.1) is 0 Å². The van der Waals surface area contributed by atoms with Crippen LogP contribution in [-0.4, -0.2) is 0 Å². The van der Waals surface area contributed by atoms with E-state index in [4.69, 9.17) is 0 Å². The lowest BCUT2D eigenvalue weighted by atomic mass is 9.53. The number of hydrogen-bond acceptors (Lipinski definition) is 0. The van der Waals surface area contributed by atoms with Crippen LogP contribution in [0.1, 0.15) is 53.4 Å². The maximum Gasteiger partial charge on any atom is -0.00845 e. The summed E-state index contributed by atoms with van der Waals surface area (Å²) in [6, 6.07) is 0. The molecule has 3 rings (SSSR count). The highest BCUT2D eigenvalue weighted by Gasteiger charge is 2.68. The molecule has 5 atom stereocenters. The Balaban J connectivity index is 2.19. The summed E-state index contributed by atoms with van der Waals surface area (Å²) in [6.45, 7) is 10.2. The van der Waals surface area contributed by atoms with Crippen LogP contribution in [0.4, 0.5) is 0 Å². The first kappa shape index (κ1) is 9.93.